The summed E-state index contributed by atoms with van der Waals surface area (Å²) in [6, 6.07) is 0. The van der Waals surface area contributed by atoms with Crippen LogP contribution in [0, 0.1) is 0 Å². The SMILES string of the molecule is CCCCCCC/C=C\C/C=C\C/C=C\CCCCCCCCCCCCCCCCCCCCC(=O)OCC(COC(=O)CCCCCCCCCC)OC(=O)CCCCCCCCCCCCC/C=C\CCCCCCCCCC. The summed E-state index contributed by atoms with van der Waals surface area (Å²) in [6.07, 6.45) is 90.3. The van der Waals surface area contributed by atoms with E-state index in [1.165, 1.54) is 289 Å². The van der Waals surface area contributed by atoms with Crippen molar-refractivity contribution in [1.29, 1.82) is 0 Å². The molecule has 1 atom stereocenters. The van der Waals surface area contributed by atoms with Crippen LogP contribution in [0.25, 0.3) is 0 Å². The largest absolute Gasteiger partial charge is 0.462 e. The van der Waals surface area contributed by atoms with E-state index in [9.17, 15) is 14.4 Å². The first kappa shape index (κ1) is 79.4. The Morgan fingerprint density at radius 2 is 0.439 bits per heavy atom. The Morgan fingerprint density at radius 3 is 0.695 bits per heavy atom. The molecule has 0 saturated heterocycles. The molecule has 0 N–H and O–H groups in total. The molecule has 82 heavy (non-hydrogen) atoms. The number of hydrogen-bond donors (Lipinski definition) is 0. The summed E-state index contributed by atoms with van der Waals surface area (Å²) in [7, 11) is 0. The maximum atomic E-state index is 12.9. The Balaban J connectivity index is 4.03. The molecule has 0 aromatic heterocycles. The molecule has 6 nitrogen and oxygen atoms in total. The number of rotatable bonds is 68. The first-order chi connectivity index (χ1) is 40.5. The van der Waals surface area contributed by atoms with Crippen LogP contribution < -0.4 is 0 Å². The molecule has 6 heteroatoms. The zero-order valence-electron chi connectivity index (χ0n) is 55.3. The lowest BCUT2D eigenvalue weighted by Gasteiger charge is -2.18. The minimum absolute atomic E-state index is 0.0678. The number of ether oxygens (including phenoxy) is 3. The van der Waals surface area contributed by atoms with Crippen molar-refractivity contribution in [2.45, 2.75) is 406 Å². The summed E-state index contributed by atoms with van der Waals surface area (Å²) in [5.41, 5.74) is 0. The van der Waals surface area contributed by atoms with Crippen LogP contribution in [0.1, 0.15) is 400 Å². The van der Waals surface area contributed by atoms with Gasteiger partial charge in [-0.3, -0.25) is 14.4 Å². The Labute approximate surface area is 511 Å². The second-order valence-electron chi connectivity index (χ2n) is 24.9. The van der Waals surface area contributed by atoms with Gasteiger partial charge < -0.3 is 14.2 Å². The van der Waals surface area contributed by atoms with E-state index in [0.717, 1.165) is 70.6 Å². The third-order valence-electron chi connectivity index (χ3n) is 16.6. The lowest BCUT2D eigenvalue weighted by molar-refractivity contribution is -0.167. The third kappa shape index (κ3) is 68.2. The molecular formula is C76H140O6. The minimum Gasteiger partial charge on any atom is -0.462 e. The summed E-state index contributed by atoms with van der Waals surface area (Å²) in [4.78, 5) is 38.3. The van der Waals surface area contributed by atoms with Gasteiger partial charge in [-0.2, -0.15) is 0 Å². The molecule has 0 aliphatic heterocycles. The second kappa shape index (κ2) is 70.9. The molecule has 0 heterocycles. The number of allylic oxidation sites excluding steroid dienone is 8. The summed E-state index contributed by atoms with van der Waals surface area (Å²) >= 11 is 0. The standard InChI is InChI=1S/C76H140O6/c1-4-7-10-13-16-19-21-23-25-27-29-31-33-34-35-36-37-38-39-40-41-42-44-45-47-49-51-53-55-57-60-63-66-69-75(78)81-72-73(71-80-74(77)68-65-62-59-18-15-12-9-6-3)82-76(79)70-67-64-61-58-56-54-52-50-48-46-43-32-30-28-26-24-22-20-17-14-11-8-5-2/h21,23,27-30,33-34,73H,4-20,22,24-26,31-32,35-72H2,1-3H3/b23-21-,29-27-,30-28-,34-33-. The average molecular weight is 1150 g/mol. The van der Waals surface area contributed by atoms with Gasteiger partial charge in [-0.15, -0.1) is 0 Å². The number of hydrogen-bond acceptors (Lipinski definition) is 6. The zero-order chi connectivity index (χ0) is 59.2. The van der Waals surface area contributed by atoms with Crippen LogP contribution in [0.15, 0.2) is 48.6 Å². The fourth-order valence-electron chi connectivity index (χ4n) is 11.0. The average Bonchev–Trinajstić information content (AvgIpc) is 3.47. The van der Waals surface area contributed by atoms with E-state index in [-0.39, 0.29) is 31.1 Å². The van der Waals surface area contributed by atoms with Gasteiger partial charge in [0.25, 0.3) is 0 Å². The Bertz CT molecular complexity index is 1410. The van der Waals surface area contributed by atoms with E-state index in [2.05, 4.69) is 69.4 Å². The summed E-state index contributed by atoms with van der Waals surface area (Å²) < 4.78 is 16.9. The van der Waals surface area contributed by atoms with Crippen LogP contribution in [-0.4, -0.2) is 37.2 Å². The van der Waals surface area contributed by atoms with Gasteiger partial charge >= 0.3 is 17.9 Å². The molecule has 0 fully saturated rings. The van der Waals surface area contributed by atoms with E-state index >= 15 is 0 Å². The molecule has 0 spiro atoms. The first-order valence-electron chi connectivity index (χ1n) is 36.6. The van der Waals surface area contributed by atoms with E-state index in [4.69, 9.17) is 14.2 Å². The smallest absolute Gasteiger partial charge is 0.306 e. The van der Waals surface area contributed by atoms with E-state index in [1.54, 1.807) is 0 Å². The van der Waals surface area contributed by atoms with E-state index < -0.39 is 6.10 Å². The predicted molar refractivity (Wildman–Crippen MR) is 358 cm³/mol. The number of esters is 3. The number of unbranched alkanes of at least 4 members (excludes halogenated alkanes) is 49. The predicted octanol–water partition coefficient (Wildman–Crippen LogP) is 25.3. The van der Waals surface area contributed by atoms with Gasteiger partial charge in [-0.1, -0.05) is 345 Å². The van der Waals surface area contributed by atoms with Gasteiger partial charge in [0.15, 0.2) is 6.10 Å². The molecule has 0 rings (SSSR count). The molecule has 0 amide bonds. The maximum Gasteiger partial charge on any atom is 0.306 e. The Kier molecular flexibility index (Phi) is 68.6. The van der Waals surface area contributed by atoms with Crippen molar-refractivity contribution in [3.05, 3.63) is 48.6 Å². The van der Waals surface area contributed by atoms with Gasteiger partial charge in [-0.05, 0) is 83.5 Å². The van der Waals surface area contributed by atoms with Crippen LogP contribution in [0.3, 0.4) is 0 Å². The molecule has 0 bridgehead atoms. The third-order valence-corrected chi connectivity index (χ3v) is 16.6. The first-order valence-corrected chi connectivity index (χ1v) is 36.6. The molecule has 480 valence electrons. The van der Waals surface area contributed by atoms with Crippen LogP contribution in [-0.2, 0) is 28.6 Å². The maximum absolute atomic E-state index is 12.9. The molecule has 1 unspecified atom stereocenters. The van der Waals surface area contributed by atoms with Crippen molar-refractivity contribution in [3.63, 3.8) is 0 Å². The Hall–Kier alpha value is -2.63. The Morgan fingerprint density at radius 1 is 0.244 bits per heavy atom. The van der Waals surface area contributed by atoms with Crippen LogP contribution in [0.5, 0.6) is 0 Å². The molecular weight excluding hydrogens is 1010 g/mol. The van der Waals surface area contributed by atoms with Gasteiger partial charge in [0, 0.05) is 19.3 Å². The van der Waals surface area contributed by atoms with Crippen molar-refractivity contribution in [2.75, 3.05) is 13.2 Å². The lowest BCUT2D eigenvalue weighted by atomic mass is 10.0. The highest BCUT2D eigenvalue weighted by atomic mass is 16.6. The topological polar surface area (TPSA) is 78.9 Å². The van der Waals surface area contributed by atoms with E-state index in [0.29, 0.717) is 19.3 Å². The fraction of sp³-hybridized carbons (Fsp3) is 0.855. The van der Waals surface area contributed by atoms with Crippen molar-refractivity contribution in [2.24, 2.45) is 0 Å². The quantitative estimate of drug-likeness (QED) is 0.0261. The van der Waals surface area contributed by atoms with Crippen molar-refractivity contribution in [1.82, 2.24) is 0 Å². The van der Waals surface area contributed by atoms with Gasteiger partial charge in [0.1, 0.15) is 13.2 Å². The lowest BCUT2D eigenvalue weighted by Crippen LogP contribution is -2.30. The molecule has 0 aliphatic rings. The highest BCUT2D eigenvalue weighted by molar-refractivity contribution is 5.71. The normalized spacial score (nSPS) is 12.3. The monoisotopic (exact) mass is 1150 g/mol. The van der Waals surface area contributed by atoms with Crippen LogP contribution in [0.2, 0.25) is 0 Å². The molecule has 0 aromatic carbocycles. The van der Waals surface area contributed by atoms with Gasteiger partial charge in [0.05, 0.1) is 0 Å². The molecule has 0 saturated carbocycles. The summed E-state index contributed by atoms with van der Waals surface area (Å²) in [5, 5.41) is 0. The number of carbonyl (C=O) groups excluding carboxylic acids is 3. The van der Waals surface area contributed by atoms with E-state index in [1.807, 2.05) is 0 Å². The van der Waals surface area contributed by atoms with Crippen LogP contribution >= 0.6 is 0 Å². The fourth-order valence-corrected chi connectivity index (χ4v) is 11.0. The van der Waals surface area contributed by atoms with Crippen molar-refractivity contribution in [3.8, 4) is 0 Å². The number of carbonyl (C=O) groups is 3. The van der Waals surface area contributed by atoms with Crippen molar-refractivity contribution >= 4 is 17.9 Å². The highest BCUT2D eigenvalue weighted by Gasteiger charge is 2.19. The van der Waals surface area contributed by atoms with Gasteiger partial charge in [-0.25, -0.2) is 0 Å². The highest BCUT2D eigenvalue weighted by Crippen LogP contribution is 2.18. The summed E-state index contributed by atoms with van der Waals surface area (Å²) in [5.74, 6) is -0.847. The molecule has 0 radical (unpaired) electrons. The second-order valence-corrected chi connectivity index (χ2v) is 24.9. The zero-order valence-corrected chi connectivity index (χ0v) is 55.3. The molecule has 0 aliphatic carbocycles. The minimum atomic E-state index is -0.769. The van der Waals surface area contributed by atoms with Crippen molar-refractivity contribution < 1.29 is 28.6 Å². The van der Waals surface area contributed by atoms with Gasteiger partial charge in [0.2, 0.25) is 0 Å². The molecule has 0 aromatic rings. The van der Waals surface area contributed by atoms with Crippen LogP contribution in [0.4, 0.5) is 0 Å². The summed E-state index contributed by atoms with van der Waals surface area (Å²) in [6.45, 7) is 6.66.